The van der Waals surface area contributed by atoms with Gasteiger partial charge in [-0.15, -0.1) is 6.42 Å². The highest BCUT2D eigenvalue weighted by Gasteiger charge is 2.60. The van der Waals surface area contributed by atoms with Crippen LogP contribution < -0.4 is 19.5 Å². The van der Waals surface area contributed by atoms with Gasteiger partial charge < -0.3 is 37.5 Å². The van der Waals surface area contributed by atoms with Crippen molar-refractivity contribution in [1.82, 2.24) is 5.32 Å². The summed E-state index contributed by atoms with van der Waals surface area (Å²) in [5, 5.41) is 2.81. The standard InChI is InChI=1S/C50H74ClNO8Si3/c1-19-42-50(60-63(17,18)49(8,9)10)37(24-29-43(50)59-62(15,16)48(5,6)7)23-20-36(34-56-33-35-21-25-38(54-11)26-22-35)30-31-52-44(53)32-41(58-61(13,14)47(2,3)4)39-27-28-40(55-12)46(57-42)45(39)51/h1,21-22,24-28,30,41-43H,29,31-34H2,2-18H3,(H,52,53)/b36-30+/t41?,42-,43-,50-/m1/s1. The number of rotatable bonds is 12. The minimum absolute atomic E-state index is 0.00707. The Labute approximate surface area is 387 Å². The maximum Gasteiger partial charge on any atom is 0.223 e. The molecular formula is C50H74ClNO8Si3. The Kier molecular flexibility index (Phi) is 16.7. The molecule has 13 heteroatoms. The molecule has 1 N–H and O–H groups in total. The van der Waals surface area contributed by atoms with Crippen molar-refractivity contribution < 1.29 is 37.0 Å². The highest BCUT2D eigenvalue weighted by atomic mass is 35.5. The molecule has 63 heavy (non-hydrogen) atoms. The zero-order valence-electron chi connectivity index (χ0n) is 41.1. The third-order valence-corrected chi connectivity index (χ3v) is 27.5. The van der Waals surface area contributed by atoms with E-state index in [1.165, 1.54) is 0 Å². The van der Waals surface area contributed by atoms with Gasteiger partial charge in [0.1, 0.15) is 5.75 Å². The van der Waals surface area contributed by atoms with Crippen molar-refractivity contribution >= 4 is 42.5 Å². The van der Waals surface area contributed by atoms with Gasteiger partial charge in [0.2, 0.25) is 5.91 Å². The number of fused-ring (bicyclic) bond motifs is 3. The lowest BCUT2D eigenvalue weighted by Gasteiger charge is -2.51. The fourth-order valence-corrected chi connectivity index (χ4v) is 11.0. The van der Waals surface area contributed by atoms with Crippen molar-refractivity contribution in [3.05, 3.63) is 75.8 Å². The summed E-state index contributed by atoms with van der Waals surface area (Å²) in [6.07, 6.45) is 8.82. The van der Waals surface area contributed by atoms with Gasteiger partial charge in [-0.1, -0.05) is 122 Å². The number of carbonyl (C=O) groups is 1. The number of hydrogen-bond acceptors (Lipinski definition) is 8. The number of hydrogen-bond donors (Lipinski definition) is 1. The van der Waals surface area contributed by atoms with E-state index in [0.717, 1.165) is 11.3 Å². The van der Waals surface area contributed by atoms with Gasteiger partial charge in [-0.2, -0.15) is 0 Å². The Bertz CT molecular complexity index is 2110. The van der Waals surface area contributed by atoms with Crippen LogP contribution in [0, 0.1) is 24.2 Å². The summed E-state index contributed by atoms with van der Waals surface area (Å²) < 4.78 is 46.9. The molecule has 0 fully saturated rings. The van der Waals surface area contributed by atoms with Crippen molar-refractivity contribution in [2.24, 2.45) is 0 Å². The average Bonchev–Trinajstić information content (AvgIpc) is 3.49. The molecule has 1 unspecified atom stereocenters. The molecule has 1 heterocycles. The molecular weight excluding hydrogens is 862 g/mol. The number of nitrogens with one attached hydrogen (secondary N) is 1. The summed E-state index contributed by atoms with van der Waals surface area (Å²) in [7, 11) is -4.47. The fourth-order valence-electron chi connectivity index (χ4n) is 6.62. The molecule has 2 aromatic carbocycles. The molecule has 2 aromatic rings. The number of ether oxygens (including phenoxy) is 4. The normalized spacial score (nSPS) is 22.6. The van der Waals surface area contributed by atoms with Crippen molar-refractivity contribution in [1.29, 1.82) is 0 Å². The third kappa shape index (κ3) is 12.1. The van der Waals surface area contributed by atoms with Crippen molar-refractivity contribution in [3.8, 4) is 41.4 Å². The molecule has 0 saturated heterocycles. The first kappa shape index (κ1) is 52.3. The summed E-state index contributed by atoms with van der Waals surface area (Å²) >= 11 is 7.49. The van der Waals surface area contributed by atoms with Crippen molar-refractivity contribution in [2.45, 2.75) is 160 Å². The zero-order valence-corrected chi connectivity index (χ0v) is 44.9. The van der Waals surface area contributed by atoms with Crippen LogP contribution in [0.15, 0.2) is 59.7 Å². The van der Waals surface area contributed by atoms with Gasteiger partial charge in [-0.25, -0.2) is 0 Å². The van der Waals surface area contributed by atoms with Gasteiger partial charge in [0.25, 0.3) is 0 Å². The Morgan fingerprint density at radius 2 is 1.43 bits per heavy atom. The Morgan fingerprint density at radius 1 is 0.825 bits per heavy atom. The molecule has 1 aliphatic heterocycles. The number of terminal acetylenes is 1. The summed E-state index contributed by atoms with van der Waals surface area (Å²) in [5.74, 6) is 11.2. The van der Waals surface area contributed by atoms with E-state index in [1.807, 2.05) is 36.4 Å². The van der Waals surface area contributed by atoms with Crippen LogP contribution in [0.5, 0.6) is 17.2 Å². The predicted molar refractivity (Wildman–Crippen MR) is 264 cm³/mol. The fraction of sp³-hybridized carbons (Fsp3) is 0.580. The van der Waals surface area contributed by atoms with Crippen LogP contribution in [0.25, 0.3) is 0 Å². The lowest BCUT2D eigenvalue weighted by molar-refractivity contribution is -0.122. The zero-order chi connectivity index (χ0) is 47.4. The predicted octanol–water partition coefficient (Wildman–Crippen LogP) is 11.9. The number of benzene rings is 2. The molecule has 1 aliphatic carbocycles. The molecule has 2 bridgehead atoms. The minimum Gasteiger partial charge on any atom is -0.497 e. The monoisotopic (exact) mass is 935 g/mol. The summed E-state index contributed by atoms with van der Waals surface area (Å²) in [4.78, 5) is 13.9. The van der Waals surface area contributed by atoms with E-state index in [9.17, 15) is 4.79 Å². The van der Waals surface area contributed by atoms with Crippen LogP contribution in [0.1, 0.15) is 92.4 Å². The Hall–Kier alpha value is -3.31. The summed E-state index contributed by atoms with van der Waals surface area (Å²) in [5.41, 5.74) is 1.53. The quantitative estimate of drug-likeness (QED) is 0.166. The SMILES string of the molecule is C#C[C@H]1Oc2c(OC)ccc(c2Cl)C(O[Si](C)(C)C(C)(C)C)CC(=O)NC/C=C(/COCc2ccc(OC)cc2)C#CC2=CC[C@@H](O[Si](C)(C)C(C)(C)C)[C@@]21O[Si](C)(C)C(C)(C)C. The van der Waals surface area contributed by atoms with E-state index in [1.54, 1.807) is 20.3 Å². The van der Waals surface area contributed by atoms with E-state index >= 15 is 0 Å². The van der Waals surface area contributed by atoms with Crippen LogP contribution in [-0.2, 0) is 29.4 Å². The molecule has 0 aromatic heterocycles. The van der Waals surface area contributed by atoms with E-state index in [2.05, 4.69) is 131 Å². The lowest BCUT2D eigenvalue weighted by atomic mass is 9.87. The van der Waals surface area contributed by atoms with Crippen molar-refractivity contribution in [2.75, 3.05) is 27.4 Å². The molecule has 2 aliphatic rings. The molecule has 346 valence electrons. The van der Waals surface area contributed by atoms with Gasteiger partial charge in [-0.05, 0) is 84.6 Å². The first-order valence-electron chi connectivity index (χ1n) is 22.0. The minimum atomic E-state index is -2.72. The lowest BCUT2D eigenvalue weighted by Crippen LogP contribution is -2.64. The number of carbonyl (C=O) groups excluding carboxylic acids is 1. The first-order valence-corrected chi connectivity index (χ1v) is 31.1. The van der Waals surface area contributed by atoms with Gasteiger partial charge >= 0.3 is 0 Å². The largest absolute Gasteiger partial charge is 0.497 e. The van der Waals surface area contributed by atoms with Crippen LogP contribution in [0.2, 0.25) is 59.4 Å². The van der Waals surface area contributed by atoms with Crippen LogP contribution >= 0.6 is 11.6 Å². The van der Waals surface area contributed by atoms with Crippen LogP contribution in [-0.4, -0.2) is 76.0 Å². The molecule has 0 radical (unpaired) electrons. The van der Waals surface area contributed by atoms with Gasteiger partial charge in [0.05, 0.1) is 51.1 Å². The van der Waals surface area contributed by atoms with Crippen molar-refractivity contribution in [3.63, 3.8) is 0 Å². The van der Waals surface area contributed by atoms with E-state index in [0.29, 0.717) is 35.5 Å². The average molecular weight is 937 g/mol. The first-order chi connectivity index (χ1) is 29.0. The molecule has 1 amide bonds. The van der Waals surface area contributed by atoms with E-state index in [-0.39, 0.29) is 51.4 Å². The van der Waals surface area contributed by atoms with E-state index in [4.69, 9.17) is 50.2 Å². The Morgan fingerprint density at radius 3 is 1.98 bits per heavy atom. The van der Waals surface area contributed by atoms with Gasteiger partial charge in [-0.3, -0.25) is 4.79 Å². The second-order valence-electron chi connectivity index (χ2n) is 21.2. The Balaban J connectivity index is 2.03. The summed E-state index contributed by atoms with van der Waals surface area (Å²) in [6.45, 7) is 33.7. The summed E-state index contributed by atoms with van der Waals surface area (Å²) in [6, 6.07) is 11.4. The van der Waals surface area contributed by atoms with Crippen LogP contribution in [0.4, 0.5) is 0 Å². The smallest absolute Gasteiger partial charge is 0.223 e. The van der Waals surface area contributed by atoms with Gasteiger partial charge in [0, 0.05) is 23.3 Å². The maximum atomic E-state index is 13.9. The highest BCUT2D eigenvalue weighted by molar-refractivity contribution is 6.75. The number of halogens is 1. The number of amides is 1. The van der Waals surface area contributed by atoms with Gasteiger partial charge in [0.15, 0.2) is 48.2 Å². The molecule has 4 rings (SSSR count). The maximum absolute atomic E-state index is 13.9. The molecule has 4 atom stereocenters. The topological polar surface area (TPSA) is 93.7 Å². The number of methoxy groups -OCH3 is 2. The second-order valence-corrected chi connectivity index (χ2v) is 35.9. The molecule has 0 saturated carbocycles. The molecule has 0 spiro atoms. The van der Waals surface area contributed by atoms with E-state index < -0.39 is 48.9 Å². The second kappa shape index (κ2) is 20.1. The molecule has 9 nitrogen and oxygen atoms in total. The van der Waals surface area contributed by atoms with Crippen LogP contribution in [0.3, 0.4) is 0 Å². The highest BCUT2D eigenvalue weighted by Crippen LogP contribution is 2.52. The third-order valence-electron chi connectivity index (χ3n) is 13.6.